The molecule has 8 heteroatoms. The largest absolute Gasteiger partial charge is 0.364 e. The lowest BCUT2D eigenvalue weighted by molar-refractivity contribution is 0.0948. The van der Waals surface area contributed by atoms with Gasteiger partial charge in [-0.05, 0) is 40.7 Å². The van der Waals surface area contributed by atoms with Crippen LogP contribution in [-0.4, -0.2) is 19.9 Å². The van der Waals surface area contributed by atoms with Gasteiger partial charge in [-0.2, -0.15) is 0 Å². The second-order valence-corrected chi connectivity index (χ2v) is 9.32. The SMILES string of the molecule is Cc1nocc1C(=O)C[C@](C)(N[S@](=O)C(C)(C)C)c1ccc(F)cc1F. The number of halogens is 2. The van der Waals surface area contributed by atoms with E-state index in [4.69, 9.17) is 4.52 Å². The molecule has 0 bridgehead atoms. The lowest BCUT2D eigenvalue weighted by Crippen LogP contribution is -2.47. The fourth-order valence-corrected chi connectivity index (χ4v) is 3.35. The number of benzene rings is 1. The summed E-state index contributed by atoms with van der Waals surface area (Å²) in [6.07, 6.45) is 1.01. The third kappa shape index (κ3) is 4.42. The van der Waals surface area contributed by atoms with E-state index in [2.05, 4.69) is 9.88 Å². The molecule has 0 aliphatic heterocycles. The van der Waals surface area contributed by atoms with E-state index in [-0.39, 0.29) is 23.3 Å². The molecule has 0 aliphatic carbocycles. The van der Waals surface area contributed by atoms with Gasteiger partial charge in [-0.15, -0.1) is 0 Å². The number of carbonyl (C=O) groups is 1. The smallest absolute Gasteiger partial charge is 0.170 e. The number of ketones is 1. The molecule has 0 spiro atoms. The first-order valence-corrected chi connectivity index (χ1v) is 9.18. The zero-order valence-electron chi connectivity index (χ0n) is 15.4. The molecule has 0 unspecified atom stereocenters. The highest BCUT2D eigenvalue weighted by Crippen LogP contribution is 2.31. The van der Waals surface area contributed by atoms with Crippen molar-refractivity contribution in [3.8, 4) is 0 Å². The molecule has 5 nitrogen and oxygen atoms in total. The van der Waals surface area contributed by atoms with Gasteiger partial charge in [0.1, 0.15) is 17.9 Å². The van der Waals surface area contributed by atoms with Crippen molar-refractivity contribution in [1.29, 1.82) is 0 Å². The fourth-order valence-electron chi connectivity index (χ4n) is 2.46. The first kappa shape index (κ1) is 20.4. The lowest BCUT2D eigenvalue weighted by atomic mass is 9.86. The van der Waals surface area contributed by atoms with Gasteiger partial charge in [-0.3, -0.25) is 4.79 Å². The van der Waals surface area contributed by atoms with E-state index in [1.165, 1.54) is 12.3 Å². The molecule has 2 rings (SSSR count). The topological polar surface area (TPSA) is 72.2 Å². The van der Waals surface area contributed by atoms with Gasteiger partial charge in [-0.1, -0.05) is 11.2 Å². The Labute approximate surface area is 153 Å². The highest BCUT2D eigenvalue weighted by Gasteiger charge is 2.37. The van der Waals surface area contributed by atoms with E-state index >= 15 is 0 Å². The summed E-state index contributed by atoms with van der Waals surface area (Å²) in [5, 5.41) is 3.67. The predicted octanol–water partition coefficient (Wildman–Crippen LogP) is 3.80. The van der Waals surface area contributed by atoms with E-state index in [0.717, 1.165) is 12.1 Å². The zero-order chi connectivity index (χ0) is 19.7. The quantitative estimate of drug-likeness (QED) is 0.769. The molecular weight excluding hydrogens is 362 g/mol. The molecule has 26 heavy (non-hydrogen) atoms. The van der Waals surface area contributed by atoms with E-state index in [9.17, 15) is 17.8 Å². The van der Waals surface area contributed by atoms with Crippen LogP contribution in [0, 0.1) is 18.6 Å². The molecule has 0 fully saturated rings. The molecule has 1 heterocycles. The van der Waals surface area contributed by atoms with E-state index in [1.807, 2.05) is 0 Å². The van der Waals surface area contributed by atoms with Crippen LogP contribution in [0.5, 0.6) is 0 Å². The first-order valence-electron chi connectivity index (χ1n) is 8.03. The van der Waals surface area contributed by atoms with Crippen molar-refractivity contribution < 1.29 is 22.3 Å². The van der Waals surface area contributed by atoms with Gasteiger partial charge in [0, 0.05) is 18.1 Å². The summed E-state index contributed by atoms with van der Waals surface area (Å²) in [7, 11) is -1.59. The van der Waals surface area contributed by atoms with Crippen LogP contribution in [0.3, 0.4) is 0 Å². The predicted molar refractivity (Wildman–Crippen MR) is 94.9 cm³/mol. The molecule has 1 N–H and O–H groups in total. The van der Waals surface area contributed by atoms with Crippen LogP contribution in [0.25, 0.3) is 0 Å². The summed E-state index contributed by atoms with van der Waals surface area (Å²) in [6.45, 7) is 8.44. The maximum atomic E-state index is 14.4. The minimum atomic E-state index is -1.59. The number of rotatable bonds is 6. The van der Waals surface area contributed by atoms with Gasteiger partial charge in [0.25, 0.3) is 0 Å². The molecule has 0 amide bonds. The molecule has 0 saturated carbocycles. The van der Waals surface area contributed by atoms with Gasteiger partial charge in [0.15, 0.2) is 5.78 Å². The number of Topliss-reactive ketones (excluding diaryl/α,β-unsaturated/α-hetero) is 1. The number of carbonyl (C=O) groups excluding carboxylic acids is 1. The van der Waals surface area contributed by atoms with E-state index in [1.54, 1.807) is 34.6 Å². The molecule has 2 aromatic rings. The molecule has 0 saturated heterocycles. The Kier molecular flexibility index (Phi) is 5.77. The maximum absolute atomic E-state index is 14.4. The average Bonchev–Trinajstić information content (AvgIpc) is 2.92. The molecule has 1 aromatic heterocycles. The minimum Gasteiger partial charge on any atom is -0.364 e. The number of nitrogens with one attached hydrogen (secondary N) is 1. The fraction of sp³-hybridized carbons (Fsp3) is 0.444. The van der Waals surface area contributed by atoms with Gasteiger partial charge in [-0.25, -0.2) is 17.7 Å². The van der Waals surface area contributed by atoms with Crippen LogP contribution in [-0.2, 0) is 16.5 Å². The summed E-state index contributed by atoms with van der Waals surface area (Å²) in [5.41, 5.74) is -0.591. The van der Waals surface area contributed by atoms with Crippen molar-refractivity contribution in [1.82, 2.24) is 9.88 Å². The Bertz CT molecular complexity index is 845. The minimum absolute atomic E-state index is 0.0546. The van der Waals surface area contributed by atoms with Crippen LogP contribution in [0.1, 0.15) is 55.7 Å². The van der Waals surface area contributed by atoms with Crippen molar-refractivity contribution in [3.05, 3.63) is 52.9 Å². The van der Waals surface area contributed by atoms with Gasteiger partial charge < -0.3 is 4.52 Å². The Hall–Kier alpha value is -1.93. The van der Waals surface area contributed by atoms with E-state index in [0.29, 0.717) is 5.69 Å². The number of hydrogen-bond acceptors (Lipinski definition) is 4. The van der Waals surface area contributed by atoms with Crippen molar-refractivity contribution in [2.45, 2.75) is 51.3 Å². The van der Waals surface area contributed by atoms with Crippen molar-refractivity contribution in [2.24, 2.45) is 0 Å². The highest BCUT2D eigenvalue weighted by atomic mass is 32.2. The second kappa shape index (κ2) is 7.36. The van der Waals surface area contributed by atoms with Crippen LogP contribution >= 0.6 is 0 Å². The van der Waals surface area contributed by atoms with Crippen molar-refractivity contribution >= 4 is 16.8 Å². The van der Waals surface area contributed by atoms with Crippen molar-refractivity contribution in [2.75, 3.05) is 0 Å². The first-order chi connectivity index (χ1) is 11.9. The molecule has 0 aliphatic rings. The molecule has 1 aromatic carbocycles. The van der Waals surface area contributed by atoms with Gasteiger partial charge in [0.2, 0.25) is 0 Å². The van der Waals surface area contributed by atoms with Crippen LogP contribution < -0.4 is 4.72 Å². The van der Waals surface area contributed by atoms with Crippen LogP contribution in [0.2, 0.25) is 0 Å². The molecule has 2 atom stereocenters. The molecule has 0 radical (unpaired) electrons. The maximum Gasteiger partial charge on any atom is 0.170 e. The normalized spacial score (nSPS) is 15.5. The summed E-state index contributed by atoms with van der Waals surface area (Å²) in [4.78, 5) is 12.7. The van der Waals surface area contributed by atoms with Gasteiger partial charge in [0.05, 0.1) is 32.5 Å². The summed E-state index contributed by atoms with van der Waals surface area (Å²) < 4.78 is 47.4. The van der Waals surface area contributed by atoms with Crippen LogP contribution in [0.15, 0.2) is 29.0 Å². The summed E-state index contributed by atoms with van der Waals surface area (Å²) in [5.74, 6) is -1.90. The molecule has 142 valence electrons. The lowest BCUT2D eigenvalue weighted by Gasteiger charge is -2.33. The number of nitrogens with zero attached hydrogens (tertiary/aromatic N) is 1. The Balaban J connectivity index is 2.46. The standard InChI is InChI=1S/C18H22F2N2O3S/c1-11-13(10-25-21-11)16(23)9-18(5,22-26(24)17(2,3)4)14-7-6-12(19)8-15(14)20/h6-8,10,22H,9H2,1-5H3/t18-,26+/m0/s1. The third-order valence-electron chi connectivity index (χ3n) is 3.96. The number of hydrogen-bond donors (Lipinski definition) is 1. The summed E-state index contributed by atoms with van der Waals surface area (Å²) in [6, 6.07) is 3.10. The van der Waals surface area contributed by atoms with Crippen molar-refractivity contribution in [3.63, 3.8) is 0 Å². The number of aromatic nitrogens is 1. The van der Waals surface area contributed by atoms with Gasteiger partial charge >= 0.3 is 0 Å². The number of aryl methyl sites for hydroxylation is 1. The Morgan fingerprint density at radius 2 is 1.92 bits per heavy atom. The Morgan fingerprint density at radius 1 is 1.27 bits per heavy atom. The average molecular weight is 384 g/mol. The third-order valence-corrected chi connectivity index (χ3v) is 5.71. The zero-order valence-corrected chi connectivity index (χ0v) is 16.2. The van der Waals surface area contributed by atoms with Crippen LogP contribution in [0.4, 0.5) is 8.78 Å². The van der Waals surface area contributed by atoms with E-state index < -0.39 is 32.9 Å². The molecular formula is C18H22F2N2O3S. The summed E-state index contributed by atoms with van der Waals surface area (Å²) >= 11 is 0. The highest BCUT2D eigenvalue weighted by molar-refractivity contribution is 7.84. The second-order valence-electron chi connectivity index (χ2n) is 7.35. The monoisotopic (exact) mass is 384 g/mol. The Morgan fingerprint density at radius 3 is 2.42 bits per heavy atom.